The van der Waals surface area contributed by atoms with Crippen LogP contribution in [-0.4, -0.2) is 36.4 Å². The molecule has 0 atom stereocenters. The first-order valence-electron chi connectivity index (χ1n) is 6.35. The van der Waals surface area contributed by atoms with Crippen LogP contribution in [0.15, 0.2) is 24.3 Å². The molecule has 2 aromatic rings. The van der Waals surface area contributed by atoms with Crippen LogP contribution >= 0.6 is 11.6 Å². The Morgan fingerprint density at radius 3 is 2.86 bits per heavy atom. The van der Waals surface area contributed by atoms with Gasteiger partial charge in [0.2, 0.25) is 0 Å². The second-order valence-electron chi connectivity index (χ2n) is 4.37. The number of hydrogen-bond donors (Lipinski definition) is 2. The highest BCUT2D eigenvalue weighted by Crippen LogP contribution is 2.24. The van der Waals surface area contributed by atoms with E-state index in [0.29, 0.717) is 35.4 Å². The molecular weight excluding hydrogens is 294 g/mol. The minimum absolute atomic E-state index is 0.337. The van der Waals surface area contributed by atoms with Crippen molar-refractivity contribution in [2.24, 2.45) is 0 Å². The number of H-pyrrole nitrogens is 1. The van der Waals surface area contributed by atoms with Gasteiger partial charge in [0.05, 0.1) is 12.2 Å². The van der Waals surface area contributed by atoms with Crippen LogP contribution in [0.2, 0.25) is 5.02 Å². The number of aromatic nitrogens is 2. The summed E-state index contributed by atoms with van der Waals surface area (Å²) in [4.78, 5) is 12.3. The summed E-state index contributed by atoms with van der Waals surface area (Å²) < 4.78 is 10.4. The number of nitrogens with zero attached hydrogens (tertiary/aromatic N) is 1. The van der Waals surface area contributed by atoms with Crippen LogP contribution in [0.3, 0.4) is 0 Å². The largest absolute Gasteiger partial charge is 0.490 e. The van der Waals surface area contributed by atoms with Gasteiger partial charge in [0.15, 0.2) is 5.82 Å². The number of methoxy groups -OCH3 is 1. The fourth-order valence-electron chi connectivity index (χ4n) is 1.71. The number of anilines is 1. The number of carbonyl (C=O) groups is 1. The topological polar surface area (TPSA) is 76.2 Å². The van der Waals surface area contributed by atoms with Gasteiger partial charge in [0, 0.05) is 23.9 Å². The van der Waals surface area contributed by atoms with Crippen molar-refractivity contribution < 1.29 is 14.3 Å². The van der Waals surface area contributed by atoms with Crippen LogP contribution in [-0.2, 0) is 4.74 Å². The van der Waals surface area contributed by atoms with Gasteiger partial charge in [0.25, 0.3) is 5.91 Å². The Labute approximate surface area is 127 Å². The van der Waals surface area contributed by atoms with Gasteiger partial charge in [-0.15, -0.1) is 0 Å². The van der Waals surface area contributed by atoms with Crippen LogP contribution in [0.5, 0.6) is 5.75 Å². The van der Waals surface area contributed by atoms with Crippen LogP contribution in [0.1, 0.15) is 16.1 Å². The molecule has 1 heterocycles. The Morgan fingerprint density at radius 1 is 1.38 bits per heavy atom. The second-order valence-corrected chi connectivity index (χ2v) is 4.81. The van der Waals surface area contributed by atoms with E-state index in [2.05, 4.69) is 15.5 Å². The number of benzene rings is 1. The Morgan fingerprint density at radius 2 is 2.19 bits per heavy atom. The number of amides is 1. The number of hydrogen-bond acceptors (Lipinski definition) is 4. The van der Waals surface area contributed by atoms with Crippen LogP contribution in [0.25, 0.3) is 0 Å². The van der Waals surface area contributed by atoms with E-state index in [4.69, 9.17) is 21.1 Å². The lowest BCUT2D eigenvalue weighted by Crippen LogP contribution is -2.15. The SMILES string of the molecule is COCCOc1ccc(Cl)cc1C(=O)Nc1cc(C)[nH]n1. The minimum Gasteiger partial charge on any atom is -0.490 e. The molecule has 1 aromatic heterocycles. The molecule has 21 heavy (non-hydrogen) atoms. The molecule has 7 heteroatoms. The quantitative estimate of drug-likeness (QED) is 0.804. The third-order valence-corrected chi connectivity index (χ3v) is 2.91. The van der Waals surface area contributed by atoms with Crippen molar-refractivity contribution in [3.8, 4) is 5.75 Å². The van der Waals surface area contributed by atoms with E-state index in [1.54, 1.807) is 31.4 Å². The van der Waals surface area contributed by atoms with Gasteiger partial charge >= 0.3 is 0 Å². The van der Waals surface area contributed by atoms with Crippen molar-refractivity contribution in [3.63, 3.8) is 0 Å². The molecule has 0 aliphatic rings. The normalized spacial score (nSPS) is 10.4. The number of ether oxygens (including phenoxy) is 2. The second kappa shape index (κ2) is 7.10. The highest BCUT2D eigenvalue weighted by Gasteiger charge is 2.15. The van der Waals surface area contributed by atoms with Gasteiger partial charge in [-0.1, -0.05) is 11.6 Å². The summed E-state index contributed by atoms with van der Waals surface area (Å²) in [5.74, 6) is 0.554. The molecule has 1 aromatic carbocycles. The summed E-state index contributed by atoms with van der Waals surface area (Å²) in [5.41, 5.74) is 1.20. The molecule has 0 saturated heterocycles. The first kappa shape index (κ1) is 15.3. The van der Waals surface area contributed by atoms with Crippen molar-refractivity contribution >= 4 is 23.3 Å². The third-order valence-electron chi connectivity index (χ3n) is 2.68. The molecule has 0 aliphatic carbocycles. The molecule has 1 amide bonds. The summed E-state index contributed by atoms with van der Waals surface area (Å²) in [5, 5.41) is 9.85. The van der Waals surface area contributed by atoms with E-state index in [-0.39, 0.29) is 5.91 Å². The number of aryl methyl sites for hydroxylation is 1. The van der Waals surface area contributed by atoms with E-state index < -0.39 is 0 Å². The van der Waals surface area contributed by atoms with Gasteiger partial charge in [0.1, 0.15) is 12.4 Å². The summed E-state index contributed by atoms with van der Waals surface area (Å²) in [6, 6.07) is 6.61. The van der Waals surface area contributed by atoms with Crippen molar-refractivity contribution in [2.45, 2.75) is 6.92 Å². The Hall–Kier alpha value is -2.05. The maximum Gasteiger partial charge on any atom is 0.260 e. The predicted molar refractivity (Wildman–Crippen MR) is 80.1 cm³/mol. The number of halogens is 1. The van der Waals surface area contributed by atoms with E-state index in [9.17, 15) is 4.79 Å². The van der Waals surface area contributed by atoms with E-state index >= 15 is 0 Å². The van der Waals surface area contributed by atoms with Gasteiger partial charge in [-0.2, -0.15) is 5.10 Å². The lowest BCUT2D eigenvalue weighted by molar-refractivity contribution is 0.101. The van der Waals surface area contributed by atoms with Crippen LogP contribution in [0, 0.1) is 6.92 Å². The molecule has 0 aliphatic heterocycles. The molecule has 6 nitrogen and oxygen atoms in total. The van der Waals surface area contributed by atoms with Gasteiger partial charge in [-0.3, -0.25) is 9.89 Å². The van der Waals surface area contributed by atoms with Gasteiger partial charge in [-0.25, -0.2) is 0 Å². The number of carbonyl (C=O) groups excluding carboxylic acids is 1. The molecular formula is C14H16ClN3O3. The average Bonchev–Trinajstić information content (AvgIpc) is 2.86. The number of aromatic amines is 1. The molecule has 0 fully saturated rings. The molecule has 0 saturated carbocycles. The predicted octanol–water partition coefficient (Wildman–Crippen LogP) is 2.65. The van der Waals surface area contributed by atoms with Gasteiger partial charge in [-0.05, 0) is 25.1 Å². The fourth-order valence-corrected chi connectivity index (χ4v) is 1.88. The van der Waals surface area contributed by atoms with E-state index in [1.807, 2.05) is 6.92 Å². The van der Waals surface area contributed by atoms with E-state index in [1.165, 1.54) is 0 Å². The molecule has 0 unspecified atom stereocenters. The molecule has 0 radical (unpaired) electrons. The molecule has 0 spiro atoms. The third kappa shape index (κ3) is 4.21. The highest BCUT2D eigenvalue weighted by molar-refractivity contribution is 6.31. The zero-order valence-electron chi connectivity index (χ0n) is 11.8. The first-order chi connectivity index (χ1) is 10.1. The maximum atomic E-state index is 12.3. The average molecular weight is 310 g/mol. The Bertz CT molecular complexity index is 628. The van der Waals surface area contributed by atoms with Crippen molar-refractivity contribution in [3.05, 3.63) is 40.5 Å². The zero-order chi connectivity index (χ0) is 15.2. The Kier molecular flexibility index (Phi) is 5.19. The zero-order valence-corrected chi connectivity index (χ0v) is 12.5. The maximum absolute atomic E-state index is 12.3. The summed E-state index contributed by atoms with van der Waals surface area (Å²) in [6.45, 7) is 2.63. The molecule has 2 N–H and O–H groups in total. The number of nitrogens with one attached hydrogen (secondary N) is 2. The highest BCUT2D eigenvalue weighted by atomic mass is 35.5. The first-order valence-corrected chi connectivity index (χ1v) is 6.72. The van der Waals surface area contributed by atoms with Crippen LogP contribution in [0.4, 0.5) is 5.82 Å². The van der Waals surface area contributed by atoms with Crippen LogP contribution < -0.4 is 10.1 Å². The molecule has 112 valence electrons. The molecule has 0 bridgehead atoms. The summed E-state index contributed by atoms with van der Waals surface area (Å²) in [7, 11) is 1.58. The summed E-state index contributed by atoms with van der Waals surface area (Å²) in [6.07, 6.45) is 0. The minimum atomic E-state index is -0.337. The lowest BCUT2D eigenvalue weighted by Gasteiger charge is -2.11. The van der Waals surface area contributed by atoms with Crippen molar-refractivity contribution in [1.29, 1.82) is 0 Å². The van der Waals surface area contributed by atoms with Crippen molar-refractivity contribution in [2.75, 3.05) is 25.6 Å². The van der Waals surface area contributed by atoms with Crippen molar-refractivity contribution in [1.82, 2.24) is 10.2 Å². The Balaban J connectivity index is 2.16. The lowest BCUT2D eigenvalue weighted by atomic mass is 10.2. The smallest absolute Gasteiger partial charge is 0.260 e. The van der Waals surface area contributed by atoms with Gasteiger partial charge < -0.3 is 14.8 Å². The van der Waals surface area contributed by atoms with E-state index in [0.717, 1.165) is 5.69 Å². The summed E-state index contributed by atoms with van der Waals surface area (Å²) >= 11 is 5.95. The standard InChI is InChI=1S/C14H16ClN3O3/c1-9-7-13(18-17-9)16-14(19)11-8-10(15)3-4-12(11)21-6-5-20-2/h3-4,7-8H,5-6H2,1-2H3,(H2,16,17,18,19). The fraction of sp³-hybridized carbons (Fsp3) is 0.286. The monoisotopic (exact) mass is 309 g/mol. The molecule has 2 rings (SSSR count). The number of rotatable bonds is 6.